The van der Waals surface area contributed by atoms with Gasteiger partial charge in [0.1, 0.15) is 12.4 Å². The van der Waals surface area contributed by atoms with Crippen molar-refractivity contribution in [3.05, 3.63) is 64.7 Å². The summed E-state index contributed by atoms with van der Waals surface area (Å²) in [5, 5.41) is 3.48. The summed E-state index contributed by atoms with van der Waals surface area (Å²) in [6.45, 7) is 2.36. The number of ether oxygens (including phenoxy) is 1. The van der Waals surface area contributed by atoms with Crippen LogP contribution in [0.5, 0.6) is 5.75 Å². The Morgan fingerprint density at radius 1 is 0.972 bits per heavy atom. The number of benzene rings is 2. The molecule has 1 fully saturated rings. The molecule has 0 saturated carbocycles. The number of carbonyl (C=O) groups is 3. The van der Waals surface area contributed by atoms with E-state index < -0.39 is 5.41 Å². The van der Waals surface area contributed by atoms with Gasteiger partial charge >= 0.3 is 0 Å². The molecule has 0 spiro atoms. The number of nitrogens with one attached hydrogen (secondary N) is 1. The number of carbonyl (C=O) groups excluding carboxylic acids is 3. The predicted molar refractivity (Wildman–Crippen MR) is 139 cm³/mol. The Morgan fingerprint density at radius 3 is 2.42 bits per heavy atom. The molecule has 3 aliphatic rings. The van der Waals surface area contributed by atoms with Gasteiger partial charge in [-0.2, -0.15) is 0 Å². The molecule has 8 heteroatoms. The van der Waals surface area contributed by atoms with Crippen molar-refractivity contribution in [2.24, 2.45) is 5.41 Å². The minimum atomic E-state index is -0.486. The number of nitrogens with zero attached hydrogens (tertiary/aromatic N) is 2. The van der Waals surface area contributed by atoms with Crippen molar-refractivity contribution in [3.8, 4) is 5.75 Å². The zero-order valence-electron chi connectivity index (χ0n) is 20.8. The van der Waals surface area contributed by atoms with E-state index in [0.717, 1.165) is 24.8 Å². The van der Waals surface area contributed by atoms with Gasteiger partial charge in [-0.3, -0.25) is 14.4 Å². The quantitative estimate of drug-likeness (QED) is 0.677. The Morgan fingerprint density at radius 2 is 1.69 bits per heavy atom. The van der Waals surface area contributed by atoms with Crippen LogP contribution in [0.1, 0.15) is 48.0 Å². The van der Waals surface area contributed by atoms with E-state index in [-0.39, 0.29) is 24.1 Å². The minimum Gasteiger partial charge on any atom is -0.491 e. The summed E-state index contributed by atoms with van der Waals surface area (Å²) >= 11 is 5.99. The van der Waals surface area contributed by atoms with Gasteiger partial charge in [0.25, 0.3) is 5.91 Å². The summed E-state index contributed by atoms with van der Waals surface area (Å²) < 4.78 is 6.04. The van der Waals surface area contributed by atoms with Crippen molar-refractivity contribution in [3.63, 3.8) is 0 Å². The van der Waals surface area contributed by atoms with Crippen molar-refractivity contribution >= 4 is 29.3 Å². The van der Waals surface area contributed by atoms with Gasteiger partial charge in [0, 0.05) is 31.7 Å². The number of amides is 3. The number of fused-ring (bicyclic) bond motifs is 9. The molecule has 3 heterocycles. The standard InChI is InChI=1S/C28H34ClN3O4/c1-30-27(35)28-12-4-5-15-31(25(33)20-21-8-10-22(29)11-9-21)18-19-36-24-7-3-2-6-23(24)26(34)32(16-13-28)17-14-28/h2-3,6-11H,4-5,12-20H2,1H3,(H,30,35). The second-order valence-electron chi connectivity index (χ2n) is 9.64. The lowest BCUT2D eigenvalue weighted by molar-refractivity contribution is -0.134. The summed E-state index contributed by atoms with van der Waals surface area (Å²) in [6, 6.07) is 14.6. The molecule has 0 radical (unpaired) electrons. The predicted octanol–water partition coefficient (Wildman–Crippen LogP) is 3.94. The first-order valence-corrected chi connectivity index (χ1v) is 13.1. The van der Waals surface area contributed by atoms with Crippen LogP contribution in [0.4, 0.5) is 0 Å². The van der Waals surface area contributed by atoms with E-state index in [9.17, 15) is 14.4 Å². The molecule has 2 aromatic rings. The van der Waals surface area contributed by atoms with Crippen molar-refractivity contribution in [2.75, 3.05) is 39.8 Å². The molecule has 0 unspecified atom stereocenters. The molecule has 192 valence electrons. The van der Waals surface area contributed by atoms with Crippen LogP contribution in [0, 0.1) is 5.41 Å². The van der Waals surface area contributed by atoms with Gasteiger partial charge in [0.05, 0.1) is 23.9 Å². The lowest BCUT2D eigenvalue weighted by Gasteiger charge is -2.40. The number of hydrogen-bond acceptors (Lipinski definition) is 4. The molecule has 2 bridgehead atoms. The van der Waals surface area contributed by atoms with E-state index in [1.807, 2.05) is 34.1 Å². The summed E-state index contributed by atoms with van der Waals surface area (Å²) in [4.78, 5) is 43.1. The number of hydrogen-bond donors (Lipinski definition) is 1. The first-order valence-electron chi connectivity index (χ1n) is 12.7. The Labute approximate surface area is 217 Å². The maximum Gasteiger partial charge on any atom is 0.257 e. The fraction of sp³-hybridized carbons (Fsp3) is 0.464. The summed E-state index contributed by atoms with van der Waals surface area (Å²) in [6.07, 6.45) is 3.89. The topological polar surface area (TPSA) is 79.0 Å². The molecule has 1 saturated heterocycles. The number of halogens is 1. The molecule has 0 aliphatic carbocycles. The Hall–Kier alpha value is -3.06. The van der Waals surface area contributed by atoms with Crippen LogP contribution in [-0.2, 0) is 16.0 Å². The molecule has 2 aromatic carbocycles. The maximum atomic E-state index is 13.3. The third-order valence-corrected chi connectivity index (χ3v) is 7.66. The average Bonchev–Trinajstić information content (AvgIpc) is 2.91. The molecule has 5 rings (SSSR count). The van der Waals surface area contributed by atoms with Crippen molar-refractivity contribution in [2.45, 2.75) is 38.5 Å². The van der Waals surface area contributed by atoms with Crippen LogP contribution >= 0.6 is 11.6 Å². The van der Waals surface area contributed by atoms with E-state index in [2.05, 4.69) is 5.32 Å². The highest BCUT2D eigenvalue weighted by Crippen LogP contribution is 2.38. The van der Waals surface area contributed by atoms with Crippen molar-refractivity contribution < 1.29 is 19.1 Å². The Bertz CT molecular complexity index is 1080. The number of piperidine rings is 1. The van der Waals surface area contributed by atoms with E-state index in [4.69, 9.17) is 16.3 Å². The van der Waals surface area contributed by atoms with Crippen LogP contribution in [-0.4, -0.2) is 67.4 Å². The largest absolute Gasteiger partial charge is 0.491 e. The van der Waals surface area contributed by atoms with Crippen LogP contribution in [0.25, 0.3) is 0 Å². The van der Waals surface area contributed by atoms with E-state index >= 15 is 0 Å². The average molecular weight is 512 g/mol. The molecule has 0 atom stereocenters. The highest BCUT2D eigenvalue weighted by molar-refractivity contribution is 6.30. The highest BCUT2D eigenvalue weighted by Gasteiger charge is 2.41. The van der Waals surface area contributed by atoms with Gasteiger partial charge in [-0.15, -0.1) is 0 Å². The Kier molecular flexibility index (Phi) is 8.52. The van der Waals surface area contributed by atoms with Gasteiger partial charge in [0.2, 0.25) is 11.8 Å². The lowest BCUT2D eigenvalue weighted by Crippen LogP contribution is -2.49. The molecule has 3 amide bonds. The van der Waals surface area contributed by atoms with Gasteiger partial charge < -0.3 is 19.9 Å². The molecule has 1 N–H and O–H groups in total. The van der Waals surface area contributed by atoms with Crippen LogP contribution in [0.2, 0.25) is 5.02 Å². The second-order valence-corrected chi connectivity index (χ2v) is 10.1. The third-order valence-electron chi connectivity index (χ3n) is 7.41. The van der Waals surface area contributed by atoms with Crippen LogP contribution in [0.15, 0.2) is 48.5 Å². The van der Waals surface area contributed by atoms with E-state index in [1.54, 1.807) is 31.3 Å². The first-order chi connectivity index (χ1) is 17.4. The van der Waals surface area contributed by atoms with Gasteiger partial charge in [-0.05, 0) is 55.5 Å². The zero-order valence-corrected chi connectivity index (χ0v) is 21.6. The minimum absolute atomic E-state index is 0.0163. The molecular weight excluding hydrogens is 478 g/mol. The van der Waals surface area contributed by atoms with Gasteiger partial charge in [-0.25, -0.2) is 0 Å². The van der Waals surface area contributed by atoms with Crippen molar-refractivity contribution in [1.29, 1.82) is 0 Å². The number of para-hydroxylation sites is 1. The van der Waals surface area contributed by atoms with Crippen LogP contribution in [0.3, 0.4) is 0 Å². The van der Waals surface area contributed by atoms with Crippen LogP contribution < -0.4 is 10.1 Å². The molecule has 36 heavy (non-hydrogen) atoms. The maximum absolute atomic E-state index is 13.3. The van der Waals surface area contributed by atoms with Crippen molar-refractivity contribution in [1.82, 2.24) is 15.1 Å². The third kappa shape index (κ3) is 6.01. The zero-order chi connectivity index (χ0) is 25.5. The smallest absolute Gasteiger partial charge is 0.257 e. The van der Waals surface area contributed by atoms with E-state index in [1.165, 1.54) is 0 Å². The van der Waals surface area contributed by atoms with E-state index in [0.29, 0.717) is 62.0 Å². The second kappa shape index (κ2) is 11.8. The lowest BCUT2D eigenvalue weighted by atomic mass is 9.73. The Balaban J connectivity index is 1.55. The molecule has 7 nitrogen and oxygen atoms in total. The van der Waals surface area contributed by atoms with Gasteiger partial charge in [0.15, 0.2) is 0 Å². The summed E-state index contributed by atoms with van der Waals surface area (Å²) in [5.74, 6) is 0.494. The molecule has 3 aliphatic heterocycles. The molecule has 0 aromatic heterocycles. The fourth-order valence-electron chi connectivity index (χ4n) is 5.21. The monoisotopic (exact) mass is 511 g/mol. The normalized spacial score (nSPS) is 18.4. The number of rotatable bonds is 3. The summed E-state index contributed by atoms with van der Waals surface area (Å²) in [7, 11) is 1.68. The summed E-state index contributed by atoms with van der Waals surface area (Å²) in [5.41, 5.74) is 0.931. The van der Waals surface area contributed by atoms with Gasteiger partial charge in [-0.1, -0.05) is 42.3 Å². The first kappa shape index (κ1) is 26.0. The fourth-order valence-corrected chi connectivity index (χ4v) is 5.34. The highest BCUT2D eigenvalue weighted by atomic mass is 35.5. The molecular formula is C28H34ClN3O4. The SMILES string of the molecule is CNC(=O)C12CCCCN(C(=O)Cc3ccc(Cl)cc3)CCOc3ccccc3C(=O)N(CC1)CC2.